The van der Waals surface area contributed by atoms with Crippen molar-refractivity contribution in [1.82, 2.24) is 9.78 Å². The van der Waals surface area contributed by atoms with E-state index in [1.54, 1.807) is 13.2 Å². The lowest BCUT2D eigenvalue weighted by Crippen LogP contribution is -2.13. The Hall–Kier alpha value is -2.65. The molecule has 6 heteroatoms. The molecule has 0 unspecified atom stereocenters. The summed E-state index contributed by atoms with van der Waals surface area (Å²) in [6.07, 6.45) is 3.16. The predicted molar refractivity (Wildman–Crippen MR) is 95.3 cm³/mol. The van der Waals surface area contributed by atoms with Gasteiger partial charge in [0.15, 0.2) is 5.78 Å². The van der Waals surface area contributed by atoms with Crippen molar-refractivity contribution >= 4 is 11.5 Å². The normalized spacial score (nSPS) is 13.4. The van der Waals surface area contributed by atoms with Crippen LogP contribution in [0.5, 0.6) is 0 Å². The van der Waals surface area contributed by atoms with Crippen LogP contribution in [-0.2, 0) is 11.2 Å². The number of hydrogen-bond donors (Lipinski definition) is 1. The highest BCUT2D eigenvalue weighted by Gasteiger charge is 2.25. The molecule has 130 valence electrons. The third-order valence-electron chi connectivity index (χ3n) is 4.46. The molecule has 1 N–H and O–H groups in total. The van der Waals surface area contributed by atoms with E-state index in [1.165, 1.54) is 0 Å². The van der Waals surface area contributed by atoms with Crippen molar-refractivity contribution in [2.24, 2.45) is 0 Å². The topological polar surface area (TPSA) is 79.9 Å². The van der Waals surface area contributed by atoms with Crippen molar-refractivity contribution in [2.45, 2.75) is 32.6 Å². The highest BCUT2D eigenvalue weighted by atomic mass is 16.5. The molecule has 0 spiro atoms. The second-order valence-corrected chi connectivity index (χ2v) is 6.21. The third kappa shape index (κ3) is 3.42. The molecule has 0 atom stereocenters. The average Bonchev–Trinajstić information content (AvgIpc) is 2.96. The maximum absolute atomic E-state index is 12.2. The first kappa shape index (κ1) is 17.2. The van der Waals surface area contributed by atoms with E-state index in [0.717, 1.165) is 54.1 Å². The number of aryl methyl sites for hydroxylation is 1. The van der Waals surface area contributed by atoms with E-state index in [9.17, 15) is 10.1 Å². The van der Waals surface area contributed by atoms with Crippen molar-refractivity contribution in [3.8, 4) is 11.8 Å². The van der Waals surface area contributed by atoms with Crippen LogP contribution in [0.25, 0.3) is 5.69 Å². The lowest BCUT2D eigenvalue weighted by molar-refractivity contribution is 0.0971. The Morgan fingerprint density at radius 1 is 1.40 bits per heavy atom. The first-order valence-corrected chi connectivity index (χ1v) is 8.54. The number of ether oxygens (including phenoxy) is 1. The molecule has 1 aromatic carbocycles. The molecule has 0 amide bonds. The lowest BCUT2D eigenvalue weighted by atomic mass is 9.94. The summed E-state index contributed by atoms with van der Waals surface area (Å²) in [5, 5.41) is 17.2. The summed E-state index contributed by atoms with van der Waals surface area (Å²) in [5.74, 6) is 0.177. The number of hydrogen-bond acceptors (Lipinski definition) is 5. The molecule has 1 aliphatic carbocycles. The van der Waals surface area contributed by atoms with E-state index < -0.39 is 0 Å². The summed E-state index contributed by atoms with van der Waals surface area (Å²) >= 11 is 0. The summed E-state index contributed by atoms with van der Waals surface area (Å²) in [6.45, 7) is 3.27. The summed E-state index contributed by atoms with van der Waals surface area (Å²) in [7, 11) is 1.67. The van der Waals surface area contributed by atoms with Crippen LogP contribution in [0.3, 0.4) is 0 Å². The number of nitrogens with zero attached hydrogens (tertiary/aromatic N) is 3. The minimum Gasteiger partial charge on any atom is -0.385 e. The van der Waals surface area contributed by atoms with E-state index in [2.05, 4.69) is 16.5 Å². The number of Topliss-reactive ketones (excluding diaryl/α,β-unsaturated/α-hetero) is 1. The summed E-state index contributed by atoms with van der Waals surface area (Å²) < 4.78 is 6.90. The van der Waals surface area contributed by atoms with Crippen LogP contribution in [0.4, 0.5) is 5.69 Å². The highest BCUT2D eigenvalue weighted by Crippen LogP contribution is 2.28. The summed E-state index contributed by atoms with van der Waals surface area (Å²) in [6, 6.07) is 7.81. The fraction of sp³-hybridized carbons (Fsp3) is 0.421. The van der Waals surface area contributed by atoms with E-state index in [0.29, 0.717) is 18.6 Å². The van der Waals surface area contributed by atoms with Gasteiger partial charge in [0.25, 0.3) is 0 Å². The first-order chi connectivity index (χ1) is 12.2. The van der Waals surface area contributed by atoms with Gasteiger partial charge in [-0.3, -0.25) is 4.79 Å². The van der Waals surface area contributed by atoms with Crippen LogP contribution in [-0.4, -0.2) is 35.8 Å². The number of rotatable bonds is 6. The first-order valence-electron chi connectivity index (χ1n) is 8.54. The predicted octanol–water partition coefficient (Wildman–Crippen LogP) is 3.02. The Bertz CT molecular complexity index is 833. The van der Waals surface area contributed by atoms with Gasteiger partial charge in [0.1, 0.15) is 6.07 Å². The maximum Gasteiger partial charge on any atom is 0.166 e. The van der Waals surface area contributed by atoms with Crippen molar-refractivity contribution in [3.63, 3.8) is 0 Å². The van der Waals surface area contributed by atoms with E-state index in [1.807, 2.05) is 23.7 Å². The molecule has 1 aliphatic rings. The van der Waals surface area contributed by atoms with Gasteiger partial charge in [-0.15, -0.1) is 0 Å². The lowest BCUT2D eigenvalue weighted by Gasteiger charge is -2.15. The second-order valence-electron chi connectivity index (χ2n) is 6.21. The van der Waals surface area contributed by atoms with Crippen LogP contribution in [0.15, 0.2) is 18.2 Å². The zero-order valence-electron chi connectivity index (χ0n) is 14.6. The number of nitrogens with one attached hydrogen (secondary N) is 1. The van der Waals surface area contributed by atoms with Crippen LogP contribution in [0.1, 0.15) is 46.6 Å². The van der Waals surface area contributed by atoms with Gasteiger partial charge in [0, 0.05) is 26.7 Å². The smallest absolute Gasteiger partial charge is 0.166 e. The zero-order chi connectivity index (χ0) is 17.8. The minimum atomic E-state index is 0.177. The number of ketones is 1. The Morgan fingerprint density at radius 2 is 2.24 bits per heavy atom. The van der Waals surface area contributed by atoms with Gasteiger partial charge in [-0.05, 0) is 44.4 Å². The molecule has 0 fully saturated rings. The van der Waals surface area contributed by atoms with Gasteiger partial charge < -0.3 is 10.1 Å². The van der Waals surface area contributed by atoms with Crippen LogP contribution >= 0.6 is 0 Å². The Balaban J connectivity index is 1.95. The monoisotopic (exact) mass is 338 g/mol. The van der Waals surface area contributed by atoms with Crippen LogP contribution in [0, 0.1) is 18.3 Å². The molecule has 0 saturated heterocycles. The van der Waals surface area contributed by atoms with Crippen LogP contribution in [0.2, 0.25) is 0 Å². The quantitative estimate of drug-likeness (QED) is 0.819. The van der Waals surface area contributed by atoms with Crippen molar-refractivity contribution in [1.29, 1.82) is 5.26 Å². The molecular weight excluding hydrogens is 316 g/mol. The van der Waals surface area contributed by atoms with E-state index in [4.69, 9.17) is 4.74 Å². The SMILES string of the molecule is COCCCNc1cc(-n2nc(C)c3c2CCCC3=O)ccc1C#N. The molecule has 0 saturated carbocycles. The van der Waals surface area contributed by atoms with Crippen molar-refractivity contribution in [2.75, 3.05) is 25.6 Å². The zero-order valence-corrected chi connectivity index (χ0v) is 14.6. The van der Waals surface area contributed by atoms with Gasteiger partial charge in [-0.2, -0.15) is 10.4 Å². The molecule has 0 bridgehead atoms. The van der Waals surface area contributed by atoms with E-state index in [-0.39, 0.29) is 5.78 Å². The average molecular weight is 338 g/mol. The van der Waals surface area contributed by atoms with E-state index >= 15 is 0 Å². The standard InChI is InChI=1S/C19H22N4O2/c1-13-19-17(5-3-6-18(19)24)23(22-13)15-8-7-14(12-20)16(11-15)21-9-4-10-25-2/h7-8,11,21H,3-6,9-10H2,1-2H3. The number of carbonyl (C=O) groups excluding carboxylic acids is 1. The Kier molecular flexibility index (Phi) is 5.15. The number of anilines is 1. The molecule has 0 aliphatic heterocycles. The number of benzene rings is 1. The summed E-state index contributed by atoms with van der Waals surface area (Å²) in [4.78, 5) is 12.2. The molecule has 2 aromatic rings. The largest absolute Gasteiger partial charge is 0.385 e. The number of methoxy groups -OCH3 is 1. The number of carbonyl (C=O) groups is 1. The van der Waals surface area contributed by atoms with Gasteiger partial charge in [-0.1, -0.05) is 0 Å². The van der Waals surface area contributed by atoms with Crippen molar-refractivity contribution < 1.29 is 9.53 Å². The number of aromatic nitrogens is 2. The fourth-order valence-corrected chi connectivity index (χ4v) is 3.27. The van der Waals surface area contributed by atoms with Gasteiger partial charge >= 0.3 is 0 Å². The second kappa shape index (κ2) is 7.49. The molecule has 25 heavy (non-hydrogen) atoms. The number of nitriles is 1. The van der Waals surface area contributed by atoms with Gasteiger partial charge in [0.2, 0.25) is 0 Å². The minimum absolute atomic E-state index is 0.177. The fourth-order valence-electron chi connectivity index (χ4n) is 3.27. The highest BCUT2D eigenvalue weighted by molar-refractivity contribution is 5.99. The molecule has 1 aromatic heterocycles. The summed E-state index contributed by atoms with van der Waals surface area (Å²) in [5.41, 5.74) is 4.76. The maximum atomic E-state index is 12.2. The third-order valence-corrected chi connectivity index (χ3v) is 4.46. The Morgan fingerprint density at radius 3 is 3.00 bits per heavy atom. The molecule has 0 radical (unpaired) electrons. The molecule has 1 heterocycles. The number of fused-ring (bicyclic) bond motifs is 1. The molecule has 3 rings (SSSR count). The molecular formula is C19H22N4O2. The Labute approximate surface area is 147 Å². The van der Waals surface area contributed by atoms with Crippen molar-refractivity contribution in [3.05, 3.63) is 40.7 Å². The molecule has 6 nitrogen and oxygen atoms in total. The van der Waals surface area contributed by atoms with Gasteiger partial charge in [0.05, 0.1) is 33.9 Å². The van der Waals surface area contributed by atoms with Gasteiger partial charge in [-0.25, -0.2) is 4.68 Å². The van der Waals surface area contributed by atoms with Crippen LogP contribution < -0.4 is 5.32 Å².